The molecule has 0 aromatic carbocycles. The number of piperidine rings is 1. The summed E-state index contributed by atoms with van der Waals surface area (Å²) >= 11 is 0. The molecule has 3 heteroatoms. The Bertz CT molecular complexity index is 334. The predicted molar refractivity (Wildman–Crippen MR) is 65.5 cm³/mol. The first kappa shape index (κ1) is 11.7. The van der Waals surface area contributed by atoms with Crippen molar-refractivity contribution >= 4 is 0 Å². The predicted octanol–water partition coefficient (Wildman–Crippen LogP) is 2.33. The molecule has 90 valence electrons. The van der Waals surface area contributed by atoms with Gasteiger partial charge in [-0.1, -0.05) is 0 Å². The van der Waals surface area contributed by atoms with Crippen LogP contribution in [0, 0.1) is 6.92 Å². The Morgan fingerprint density at radius 2 is 2.31 bits per heavy atom. The van der Waals surface area contributed by atoms with Crippen LogP contribution in [0.25, 0.3) is 0 Å². The second-order valence-corrected chi connectivity index (χ2v) is 4.94. The van der Waals surface area contributed by atoms with E-state index in [4.69, 9.17) is 4.42 Å². The van der Waals surface area contributed by atoms with Gasteiger partial charge in [-0.05, 0) is 52.4 Å². The third kappa shape index (κ3) is 2.86. The van der Waals surface area contributed by atoms with Crippen LogP contribution in [0.15, 0.2) is 16.5 Å². The van der Waals surface area contributed by atoms with Crippen LogP contribution in [0.4, 0.5) is 0 Å². The molecule has 0 spiro atoms. The number of nitrogens with one attached hydrogen (secondary N) is 1. The molecule has 1 saturated heterocycles. The van der Waals surface area contributed by atoms with Crippen LogP contribution in [-0.4, -0.2) is 31.1 Å². The summed E-state index contributed by atoms with van der Waals surface area (Å²) in [6.45, 7) is 6.54. The van der Waals surface area contributed by atoms with Crippen molar-refractivity contribution in [2.45, 2.75) is 38.8 Å². The lowest BCUT2D eigenvalue weighted by Crippen LogP contribution is -2.44. The van der Waals surface area contributed by atoms with Gasteiger partial charge in [0.2, 0.25) is 0 Å². The van der Waals surface area contributed by atoms with E-state index in [2.05, 4.69) is 30.3 Å². The zero-order valence-corrected chi connectivity index (χ0v) is 10.5. The third-order valence-corrected chi connectivity index (χ3v) is 3.30. The SMILES string of the molecule is Cc1ccc(C(C)NC2CCCN(C)C2)o1. The molecule has 1 fully saturated rings. The lowest BCUT2D eigenvalue weighted by Gasteiger charge is -2.31. The fraction of sp³-hybridized carbons (Fsp3) is 0.692. The molecule has 16 heavy (non-hydrogen) atoms. The van der Waals surface area contributed by atoms with Crippen LogP contribution in [0.2, 0.25) is 0 Å². The molecule has 2 heterocycles. The fourth-order valence-electron chi connectivity index (χ4n) is 2.42. The van der Waals surface area contributed by atoms with Gasteiger partial charge in [-0.3, -0.25) is 0 Å². The van der Waals surface area contributed by atoms with Gasteiger partial charge < -0.3 is 14.6 Å². The minimum atomic E-state index is 0.310. The Kier molecular flexibility index (Phi) is 3.66. The topological polar surface area (TPSA) is 28.4 Å². The Hall–Kier alpha value is -0.800. The number of likely N-dealkylation sites (N-methyl/N-ethyl adjacent to an activating group) is 1. The normalized spacial score (nSPS) is 24.6. The molecule has 1 N–H and O–H groups in total. The summed E-state index contributed by atoms with van der Waals surface area (Å²) in [6, 6.07) is 5.00. The lowest BCUT2D eigenvalue weighted by molar-refractivity contribution is 0.213. The molecule has 0 bridgehead atoms. The lowest BCUT2D eigenvalue weighted by atomic mass is 10.1. The van der Waals surface area contributed by atoms with Gasteiger partial charge in [0.1, 0.15) is 11.5 Å². The molecule has 0 saturated carbocycles. The number of hydrogen-bond acceptors (Lipinski definition) is 3. The Morgan fingerprint density at radius 1 is 1.50 bits per heavy atom. The van der Waals surface area contributed by atoms with Crippen molar-refractivity contribution in [2.24, 2.45) is 0 Å². The largest absolute Gasteiger partial charge is 0.465 e. The van der Waals surface area contributed by atoms with Crippen molar-refractivity contribution in [2.75, 3.05) is 20.1 Å². The molecule has 1 aliphatic rings. The standard InChI is InChI=1S/C13H22N2O/c1-10-6-7-13(16-10)11(2)14-12-5-4-8-15(3)9-12/h6-7,11-12,14H,4-5,8-9H2,1-3H3. The summed E-state index contributed by atoms with van der Waals surface area (Å²) in [5.74, 6) is 2.04. The average Bonchev–Trinajstić information content (AvgIpc) is 2.65. The fourth-order valence-corrected chi connectivity index (χ4v) is 2.42. The summed E-state index contributed by atoms with van der Waals surface area (Å²) in [5.41, 5.74) is 0. The summed E-state index contributed by atoms with van der Waals surface area (Å²) in [7, 11) is 2.19. The number of rotatable bonds is 3. The van der Waals surface area contributed by atoms with Crippen LogP contribution >= 0.6 is 0 Å². The van der Waals surface area contributed by atoms with E-state index in [9.17, 15) is 0 Å². The maximum atomic E-state index is 5.64. The zero-order chi connectivity index (χ0) is 11.5. The molecular weight excluding hydrogens is 200 g/mol. The van der Waals surface area contributed by atoms with Gasteiger partial charge in [-0.15, -0.1) is 0 Å². The quantitative estimate of drug-likeness (QED) is 0.851. The molecule has 0 radical (unpaired) electrons. The van der Waals surface area contributed by atoms with Crippen molar-refractivity contribution in [3.8, 4) is 0 Å². The highest BCUT2D eigenvalue weighted by Crippen LogP contribution is 2.18. The summed E-state index contributed by atoms with van der Waals surface area (Å²) in [6.07, 6.45) is 2.56. The summed E-state index contributed by atoms with van der Waals surface area (Å²) in [4.78, 5) is 2.39. The van der Waals surface area contributed by atoms with Gasteiger partial charge in [0.25, 0.3) is 0 Å². The van der Waals surface area contributed by atoms with Crippen molar-refractivity contribution < 1.29 is 4.42 Å². The van der Waals surface area contributed by atoms with Gasteiger partial charge in [-0.25, -0.2) is 0 Å². The highest BCUT2D eigenvalue weighted by molar-refractivity contribution is 5.09. The number of furan rings is 1. The highest BCUT2D eigenvalue weighted by atomic mass is 16.3. The molecule has 2 atom stereocenters. The molecule has 1 aliphatic heterocycles. The molecule has 2 unspecified atom stereocenters. The highest BCUT2D eigenvalue weighted by Gasteiger charge is 2.20. The van der Waals surface area contributed by atoms with Crippen LogP contribution in [0.3, 0.4) is 0 Å². The third-order valence-electron chi connectivity index (χ3n) is 3.30. The second kappa shape index (κ2) is 5.02. The average molecular weight is 222 g/mol. The van der Waals surface area contributed by atoms with Gasteiger partial charge >= 0.3 is 0 Å². The first-order valence-electron chi connectivity index (χ1n) is 6.16. The molecule has 1 aromatic rings. The maximum absolute atomic E-state index is 5.64. The molecule has 0 amide bonds. The number of aryl methyl sites for hydroxylation is 1. The second-order valence-electron chi connectivity index (χ2n) is 4.94. The zero-order valence-electron chi connectivity index (χ0n) is 10.5. The number of nitrogens with zero attached hydrogens (tertiary/aromatic N) is 1. The smallest absolute Gasteiger partial charge is 0.120 e. The van der Waals surface area contributed by atoms with E-state index in [0.29, 0.717) is 12.1 Å². The van der Waals surface area contributed by atoms with Crippen molar-refractivity contribution in [3.63, 3.8) is 0 Å². The van der Waals surface area contributed by atoms with Gasteiger partial charge in [0.05, 0.1) is 6.04 Å². The van der Waals surface area contributed by atoms with Crippen LogP contribution in [0.5, 0.6) is 0 Å². The van der Waals surface area contributed by atoms with E-state index in [1.54, 1.807) is 0 Å². The number of hydrogen-bond donors (Lipinski definition) is 1. The Labute approximate surface area is 97.8 Å². The first-order chi connectivity index (χ1) is 7.65. The Balaban J connectivity index is 1.89. The minimum absolute atomic E-state index is 0.310. The molecule has 0 aliphatic carbocycles. The van der Waals surface area contributed by atoms with Crippen LogP contribution in [-0.2, 0) is 0 Å². The first-order valence-corrected chi connectivity index (χ1v) is 6.16. The van der Waals surface area contributed by atoms with Gasteiger partial charge in [0, 0.05) is 12.6 Å². The van der Waals surface area contributed by atoms with E-state index in [0.717, 1.165) is 18.1 Å². The molecule has 1 aromatic heterocycles. The summed E-state index contributed by atoms with van der Waals surface area (Å²) < 4.78 is 5.64. The van der Waals surface area contributed by atoms with E-state index in [-0.39, 0.29) is 0 Å². The monoisotopic (exact) mass is 222 g/mol. The minimum Gasteiger partial charge on any atom is -0.465 e. The van der Waals surface area contributed by atoms with Gasteiger partial charge in [0.15, 0.2) is 0 Å². The van der Waals surface area contributed by atoms with Crippen molar-refractivity contribution in [1.82, 2.24) is 10.2 Å². The van der Waals surface area contributed by atoms with Crippen molar-refractivity contribution in [1.29, 1.82) is 0 Å². The van der Waals surface area contributed by atoms with Crippen LogP contribution in [0.1, 0.15) is 37.3 Å². The van der Waals surface area contributed by atoms with E-state index < -0.39 is 0 Å². The van der Waals surface area contributed by atoms with Crippen molar-refractivity contribution in [3.05, 3.63) is 23.7 Å². The van der Waals surface area contributed by atoms with E-state index >= 15 is 0 Å². The van der Waals surface area contributed by atoms with Crippen LogP contribution < -0.4 is 5.32 Å². The number of likely N-dealkylation sites (tertiary alicyclic amines) is 1. The Morgan fingerprint density at radius 3 is 2.94 bits per heavy atom. The van der Waals surface area contributed by atoms with E-state index in [1.807, 2.05) is 13.0 Å². The summed E-state index contributed by atoms with van der Waals surface area (Å²) in [5, 5.41) is 3.64. The maximum Gasteiger partial charge on any atom is 0.120 e. The molecule has 3 nitrogen and oxygen atoms in total. The molecular formula is C13H22N2O. The van der Waals surface area contributed by atoms with Gasteiger partial charge in [-0.2, -0.15) is 0 Å². The molecule has 2 rings (SSSR count). The van der Waals surface area contributed by atoms with E-state index in [1.165, 1.54) is 19.4 Å².